The molecule has 3 aromatic rings. The topological polar surface area (TPSA) is 50.7 Å². The van der Waals surface area contributed by atoms with Gasteiger partial charge in [-0.15, -0.1) is 0 Å². The number of anilines is 1. The number of hydrogen-bond donors (Lipinski definition) is 1. The zero-order valence-corrected chi connectivity index (χ0v) is 12.6. The minimum atomic E-state index is 0.740. The van der Waals surface area contributed by atoms with Gasteiger partial charge in [-0.25, -0.2) is 15.0 Å². The smallest absolute Gasteiger partial charge is 0.183 e. The van der Waals surface area contributed by atoms with Crippen LogP contribution in [0, 0.1) is 0 Å². The highest BCUT2D eigenvalue weighted by Crippen LogP contribution is 2.28. The van der Waals surface area contributed by atoms with Gasteiger partial charge < -0.3 is 5.32 Å². The van der Waals surface area contributed by atoms with Gasteiger partial charge in [-0.1, -0.05) is 48.6 Å². The van der Waals surface area contributed by atoms with Crippen LogP contribution in [0.1, 0.15) is 13.3 Å². The second-order valence-corrected chi connectivity index (χ2v) is 5.62. The van der Waals surface area contributed by atoms with E-state index in [9.17, 15) is 0 Å². The van der Waals surface area contributed by atoms with E-state index in [0.717, 1.165) is 40.1 Å². The summed E-state index contributed by atoms with van der Waals surface area (Å²) in [6.45, 7) is 3.07. The molecular formula is C16H16N4S. The average molecular weight is 296 g/mol. The van der Waals surface area contributed by atoms with Crippen LogP contribution < -0.4 is 5.32 Å². The third kappa shape index (κ3) is 3.25. The highest BCUT2D eigenvalue weighted by atomic mass is 32.1. The maximum atomic E-state index is 4.64. The molecule has 1 aromatic carbocycles. The van der Waals surface area contributed by atoms with E-state index in [-0.39, 0.29) is 0 Å². The van der Waals surface area contributed by atoms with Crippen molar-refractivity contribution in [3.8, 4) is 22.0 Å². The zero-order valence-electron chi connectivity index (χ0n) is 11.8. The molecule has 0 saturated heterocycles. The van der Waals surface area contributed by atoms with E-state index in [1.54, 1.807) is 17.5 Å². The second-order valence-electron chi connectivity index (χ2n) is 4.59. The van der Waals surface area contributed by atoms with Gasteiger partial charge in [-0.05, 0) is 12.5 Å². The van der Waals surface area contributed by atoms with Crippen LogP contribution in [0.2, 0.25) is 0 Å². The van der Waals surface area contributed by atoms with Crippen LogP contribution in [-0.4, -0.2) is 21.5 Å². The molecule has 2 aromatic heterocycles. The summed E-state index contributed by atoms with van der Waals surface area (Å²) >= 11 is 1.62. The van der Waals surface area contributed by atoms with Crippen molar-refractivity contribution in [3.63, 3.8) is 0 Å². The van der Waals surface area contributed by atoms with Crippen LogP contribution in [0.25, 0.3) is 22.0 Å². The molecule has 0 aliphatic carbocycles. The number of thiazole rings is 1. The standard InChI is InChI=1S/C16H16N4S/c1-2-9-18-16-19-11-14(21-16)13-8-10-17-15(20-13)12-6-4-3-5-7-12/h3-8,10-11H,2,9H2,1H3,(H,18,19). The number of hydrogen-bond acceptors (Lipinski definition) is 5. The zero-order chi connectivity index (χ0) is 14.5. The first kappa shape index (κ1) is 13.7. The van der Waals surface area contributed by atoms with Gasteiger partial charge >= 0.3 is 0 Å². The van der Waals surface area contributed by atoms with Crippen molar-refractivity contribution in [2.75, 3.05) is 11.9 Å². The highest BCUT2D eigenvalue weighted by molar-refractivity contribution is 7.18. The summed E-state index contributed by atoms with van der Waals surface area (Å²) in [7, 11) is 0. The van der Waals surface area contributed by atoms with Gasteiger partial charge in [0.2, 0.25) is 0 Å². The third-order valence-corrected chi connectivity index (χ3v) is 3.95. The fourth-order valence-corrected chi connectivity index (χ4v) is 2.74. The number of nitrogens with one attached hydrogen (secondary N) is 1. The fraction of sp³-hybridized carbons (Fsp3) is 0.188. The molecular weight excluding hydrogens is 280 g/mol. The summed E-state index contributed by atoms with van der Waals surface area (Å²) < 4.78 is 0. The van der Waals surface area contributed by atoms with Crippen molar-refractivity contribution < 1.29 is 0 Å². The Morgan fingerprint density at radius 1 is 1.10 bits per heavy atom. The molecule has 106 valence electrons. The molecule has 4 nitrogen and oxygen atoms in total. The average Bonchev–Trinajstić information content (AvgIpc) is 3.03. The second kappa shape index (κ2) is 6.45. The maximum absolute atomic E-state index is 4.64. The summed E-state index contributed by atoms with van der Waals surface area (Å²) in [5.74, 6) is 0.740. The van der Waals surface area contributed by atoms with E-state index in [2.05, 4.69) is 27.2 Å². The monoisotopic (exact) mass is 296 g/mol. The Morgan fingerprint density at radius 3 is 2.76 bits per heavy atom. The molecule has 0 radical (unpaired) electrons. The van der Waals surface area contributed by atoms with Gasteiger partial charge in [0.1, 0.15) is 0 Å². The van der Waals surface area contributed by atoms with Crippen molar-refractivity contribution in [1.29, 1.82) is 0 Å². The molecule has 0 atom stereocenters. The van der Waals surface area contributed by atoms with Gasteiger partial charge in [0, 0.05) is 24.5 Å². The molecule has 0 fully saturated rings. The molecule has 0 spiro atoms. The van der Waals surface area contributed by atoms with E-state index < -0.39 is 0 Å². The molecule has 0 bridgehead atoms. The lowest BCUT2D eigenvalue weighted by atomic mass is 10.2. The lowest BCUT2D eigenvalue weighted by Crippen LogP contribution is -1.97. The minimum absolute atomic E-state index is 0.740. The highest BCUT2D eigenvalue weighted by Gasteiger charge is 2.08. The van der Waals surface area contributed by atoms with Crippen LogP contribution in [0.15, 0.2) is 48.8 Å². The molecule has 0 saturated carbocycles. The van der Waals surface area contributed by atoms with E-state index in [1.807, 2.05) is 42.6 Å². The van der Waals surface area contributed by atoms with Crippen molar-refractivity contribution >= 4 is 16.5 Å². The molecule has 0 aliphatic rings. The molecule has 21 heavy (non-hydrogen) atoms. The molecule has 5 heteroatoms. The van der Waals surface area contributed by atoms with E-state index >= 15 is 0 Å². The van der Waals surface area contributed by atoms with E-state index in [4.69, 9.17) is 0 Å². The number of benzene rings is 1. The lowest BCUT2D eigenvalue weighted by Gasteiger charge is -2.01. The summed E-state index contributed by atoms with van der Waals surface area (Å²) in [4.78, 5) is 14.4. The Kier molecular flexibility index (Phi) is 4.21. The predicted molar refractivity (Wildman–Crippen MR) is 87.4 cm³/mol. The maximum Gasteiger partial charge on any atom is 0.183 e. The first-order chi connectivity index (χ1) is 10.4. The SMILES string of the molecule is CCCNc1ncc(-c2ccnc(-c3ccccc3)n2)s1. The molecule has 2 heterocycles. The Balaban J connectivity index is 1.88. The summed E-state index contributed by atoms with van der Waals surface area (Å²) in [5.41, 5.74) is 1.93. The van der Waals surface area contributed by atoms with Crippen molar-refractivity contribution in [1.82, 2.24) is 15.0 Å². The predicted octanol–water partition coefficient (Wildman–Crippen LogP) is 4.09. The quantitative estimate of drug-likeness (QED) is 0.770. The van der Waals surface area contributed by atoms with Crippen LogP contribution >= 0.6 is 11.3 Å². The first-order valence-corrected chi connectivity index (χ1v) is 7.77. The minimum Gasteiger partial charge on any atom is -0.362 e. The van der Waals surface area contributed by atoms with Crippen molar-refractivity contribution in [2.45, 2.75) is 13.3 Å². The Morgan fingerprint density at radius 2 is 1.95 bits per heavy atom. The number of rotatable bonds is 5. The lowest BCUT2D eigenvalue weighted by molar-refractivity contribution is 0.976. The largest absolute Gasteiger partial charge is 0.362 e. The van der Waals surface area contributed by atoms with Gasteiger partial charge in [0.15, 0.2) is 11.0 Å². The van der Waals surface area contributed by atoms with Crippen LogP contribution in [0.5, 0.6) is 0 Å². The van der Waals surface area contributed by atoms with Gasteiger partial charge in [-0.2, -0.15) is 0 Å². The molecule has 0 unspecified atom stereocenters. The van der Waals surface area contributed by atoms with Crippen LogP contribution in [-0.2, 0) is 0 Å². The molecule has 3 rings (SSSR count). The van der Waals surface area contributed by atoms with Gasteiger partial charge in [0.25, 0.3) is 0 Å². The normalized spacial score (nSPS) is 10.5. The molecule has 1 N–H and O–H groups in total. The van der Waals surface area contributed by atoms with Gasteiger partial charge in [0.05, 0.1) is 10.6 Å². The number of aromatic nitrogens is 3. The fourth-order valence-electron chi connectivity index (χ4n) is 1.93. The van der Waals surface area contributed by atoms with Crippen LogP contribution in [0.4, 0.5) is 5.13 Å². The molecule has 0 aliphatic heterocycles. The van der Waals surface area contributed by atoms with Crippen molar-refractivity contribution in [2.24, 2.45) is 0 Å². The third-order valence-electron chi connectivity index (χ3n) is 2.97. The Labute approximate surface area is 127 Å². The molecule has 0 amide bonds. The van der Waals surface area contributed by atoms with E-state index in [1.165, 1.54) is 0 Å². The van der Waals surface area contributed by atoms with E-state index in [0.29, 0.717) is 0 Å². The van der Waals surface area contributed by atoms with Crippen LogP contribution in [0.3, 0.4) is 0 Å². The Hall–Kier alpha value is -2.27. The summed E-state index contributed by atoms with van der Waals surface area (Å²) in [6, 6.07) is 11.9. The number of nitrogens with zero attached hydrogens (tertiary/aromatic N) is 3. The summed E-state index contributed by atoms with van der Waals surface area (Å²) in [6.07, 6.45) is 4.74. The summed E-state index contributed by atoms with van der Waals surface area (Å²) in [5, 5.41) is 4.23. The first-order valence-electron chi connectivity index (χ1n) is 6.95. The van der Waals surface area contributed by atoms with Crippen molar-refractivity contribution in [3.05, 3.63) is 48.8 Å². The van der Waals surface area contributed by atoms with Gasteiger partial charge in [-0.3, -0.25) is 0 Å². The Bertz CT molecular complexity index is 709.